The zero-order chi connectivity index (χ0) is 19.3. The summed E-state index contributed by atoms with van der Waals surface area (Å²) in [6, 6.07) is 11.9. The van der Waals surface area contributed by atoms with Crippen LogP contribution >= 0.6 is 0 Å². The first-order valence-corrected chi connectivity index (χ1v) is 8.60. The van der Waals surface area contributed by atoms with Crippen LogP contribution in [-0.4, -0.2) is 30.7 Å². The molecule has 0 radical (unpaired) electrons. The van der Waals surface area contributed by atoms with Crippen LogP contribution in [0, 0.1) is 6.92 Å². The van der Waals surface area contributed by atoms with Gasteiger partial charge in [-0.2, -0.15) is 13.2 Å². The van der Waals surface area contributed by atoms with Crippen molar-refractivity contribution in [1.29, 1.82) is 0 Å². The topological polar surface area (TPSA) is 28.0 Å². The van der Waals surface area contributed by atoms with Crippen molar-refractivity contribution in [2.24, 2.45) is 9.98 Å². The van der Waals surface area contributed by atoms with Crippen LogP contribution in [0.25, 0.3) is 5.57 Å². The number of aryl methyl sites for hydroxylation is 1. The number of halogens is 3. The van der Waals surface area contributed by atoms with E-state index in [2.05, 4.69) is 9.98 Å². The van der Waals surface area contributed by atoms with Crippen LogP contribution in [0.3, 0.4) is 0 Å². The van der Waals surface area contributed by atoms with Gasteiger partial charge in [0, 0.05) is 26.1 Å². The van der Waals surface area contributed by atoms with Crippen molar-refractivity contribution in [3.63, 3.8) is 0 Å². The molecule has 0 saturated heterocycles. The van der Waals surface area contributed by atoms with Gasteiger partial charge in [0.25, 0.3) is 0 Å². The van der Waals surface area contributed by atoms with Gasteiger partial charge in [0.05, 0.1) is 11.3 Å². The molecular formula is C21H18F3N3. The van der Waals surface area contributed by atoms with Gasteiger partial charge in [0.2, 0.25) is 5.96 Å². The summed E-state index contributed by atoms with van der Waals surface area (Å²) in [5.74, 6) is 0.596. The third-order valence-corrected chi connectivity index (χ3v) is 4.85. The van der Waals surface area contributed by atoms with E-state index >= 15 is 0 Å². The maximum absolute atomic E-state index is 13.0. The van der Waals surface area contributed by atoms with Gasteiger partial charge in [-0.1, -0.05) is 30.3 Å². The van der Waals surface area contributed by atoms with E-state index in [1.807, 2.05) is 43.3 Å². The molecule has 0 atom stereocenters. The molecule has 2 aliphatic rings. The summed E-state index contributed by atoms with van der Waals surface area (Å²) in [6.45, 7) is 1.71. The first kappa shape index (κ1) is 17.5. The summed E-state index contributed by atoms with van der Waals surface area (Å²) in [6.07, 6.45) is -3.74. The summed E-state index contributed by atoms with van der Waals surface area (Å²) in [7, 11) is 3.74. The van der Waals surface area contributed by atoms with E-state index in [0.717, 1.165) is 39.7 Å². The van der Waals surface area contributed by atoms with Crippen molar-refractivity contribution >= 4 is 17.2 Å². The van der Waals surface area contributed by atoms with Crippen LogP contribution in [-0.2, 0) is 12.6 Å². The first-order valence-electron chi connectivity index (χ1n) is 8.60. The number of guanidine groups is 1. The number of benzene rings is 2. The minimum absolute atomic E-state index is 0.583. The highest BCUT2D eigenvalue weighted by molar-refractivity contribution is 6.25. The van der Waals surface area contributed by atoms with Gasteiger partial charge in [-0.3, -0.25) is 0 Å². The Kier molecular flexibility index (Phi) is 3.94. The zero-order valence-electron chi connectivity index (χ0n) is 15.2. The molecule has 1 heterocycles. The van der Waals surface area contributed by atoms with Gasteiger partial charge in [-0.25, -0.2) is 9.98 Å². The molecule has 0 saturated carbocycles. The number of fused-ring (bicyclic) bond motifs is 3. The average Bonchev–Trinajstić information content (AvgIpc) is 3.06. The second kappa shape index (κ2) is 6.08. The number of hydrogen-bond acceptors (Lipinski definition) is 3. The van der Waals surface area contributed by atoms with Gasteiger partial charge < -0.3 is 4.90 Å². The van der Waals surface area contributed by atoms with Crippen LogP contribution in [0.15, 0.2) is 58.1 Å². The molecule has 3 nitrogen and oxygen atoms in total. The van der Waals surface area contributed by atoms with Crippen molar-refractivity contribution in [2.75, 3.05) is 14.1 Å². The lowest BCUT2D eigenvalue weighted by molar-refractivity contribution is -0.137. The summed E-state index contributed by atoms with van der Waals surface area (Å²) in [5, 5.41) is 0. The summed E-state index contributed by atoms with van der Waals surface area (Å²) in [5.41, 5.74) is 5.31. The molecule has 0 aromatic heterocycles. The molecule has 1 aliphatic heterocycles. The third-order valence-electron chi connectivity index (χ3n) is 4.85. The molecule has 27 heavy (non-hydrogen) atoms. The number of nitrogens with zero attached hydrogens (tertiary/aromatic N) is 3. The second-order valence-electron chi connectivity index (χ2n) is 6.96. The van der Waals surface area contributed by atoms with E-state index in [9.17, 15) is 13.2 Å². The monoisotopic (exact) mass is 369 g/mol. The Morgan fingerprint density at radius 2 is 1.70 bits per heavy atom. The maximum atomic E-state index is 13.0. The van der Waals surface area contributed by atoms with E-state index in [1.54, 1.807) is 13.0 Å². The molecule has 0 spiro atoms. The van der Waals surface area contributed by atoms with Gasteiger partial charge in [-0.05, 0) is 41.3 Å². The number of hydrogen-bond donors (Lipinski definition) is 0. The molecule has 138 valence electrons. The molecule has 0 N–H and O–H groups in total. The van der Waals surface area contributed by atoms with Crippen molar-refractivity contribution in [2.45, 2.75) is 19.5 Å². The molecular weight excluding hydrogens is 351 g/mol. The Hall–Kier alpha value is -2.89. The van der Waals surface area contributed by atoms with E-state index in [0.29, 0.717) is 17.9 Å². The number of aliphatic imine (C=N–C) groups is 2. The van der Waals surface area contributed by atoms with Crippen molar-refractivity contribution in [3.05, 3.63) is 76.0 Å². The third kappa shape index (κ3) is 2.95. The molecule has 1 aliphatic carbocycles. The predicted octanol–water partition coefficient (Wildman–Crippen LogP) is 4.70. The minimum Gasteiger partial charge on any atom is -0.347 e. The molecule has 2 aromatic carbocycles. The van der Waals surface area contributed by atoms with Crippen molar-refractivity contribution in [1.82, 2.24) is 4.90 Å². The molecule has 2 aromatic rings. The van der Waals surface area contributed by atoms with E-state index < -0.39 is 11.7 Å². The maximum Gasteiger partial charge on any atom is 0.416 e. The lowest BCUT2D eigenvalue weighted by Gasteiger charge is -2.22. The van der Waals surface area contributed by atoms with Gasteiger partial charge in [0.1, 0.15) is 5.71 Å². The van der Waals surface area contributed by atoms with Crippen molar-refractivity contribution < 1.29 is 13.2 Å². The highest BCUT2D eigenvalue weighted by Gasteiger charge is 2.33. The molecule has 4 rings (SSSR count). The smallest absolute Gasteiger partial charge is 0.347 e. The summed E-state index contributed by atoms with van der Waals surface area (Å²) >= 11 is 0. The fourth-order valence-corrected chi connectivity index (χ4v) is 3.51. The van der Waals surface area contributed by atoms with Crippen LogP contribution in [0.2, 0.25) is 0 Å². The molecule has 6 heteroatoms. The van der Waals surface area contributed by atoms with E-state index in [1.165, 1.54) is 6.07 Å². The van der Waals surface area contributed by atoms with Crippen LogP contribution < -0.4 is 0 Å². The van der Waals surface area contributed by atoms with Gasteiger partial charge in [0.15, 0.2) is 0 Å². The SMILES string of the molecule is Cc1cc(C(F)(F)F)ccc1C1=C2N=C(N(C)C)N=C2c2ccccc2C1. The fraction of sp³-hybridized carbons (Fsp3) is 0.238. The highest BCUT2D eigenvalue weighted by atomic mass is 19.4. The zero-order valence-corrected chi connectivity index (χ0v) is 15.2. The molecule has 0 amide bonds. The Balaban J connectivity index is 1.90. The van der Waals surface area contributed by atoms with Crippen LogP contribution in [0.4, 0.5) is 13.2 Å². The standard InChI is InChI=1S/C21H18F3N3/c1-12-10-14(21(22,23)24)8-9-15(12)17-11-13-6-4-5-7-16(13)18-19(17)26-20(25-18)27(2)3/h4-10H,11H2,1-3H3. The molecule has 0 unspecified atom stereocenters. The number of allylic oxidation sites excluding steroid dienone is 2. The lowest BCUT2D eigenvalue weighted by atomic mass is 9.83. The van der Waals surface area contributed by atoms with Gasteiger partial charge >= 0.3 is 6.18 Å². The normalized spacial score (nSPS) is 15.9. The Bertz CT molecular complexity index is 1030. The summed E-state index contributed by atoms with van der Waals surface area (Å²) in [4.78, 5) is 11.2. The van der Waals surface area contributed by atoms with Crippen molar-refractivity contribution in [3.8, 4) is 0 Å². The second-order valence-corrected chi connectivity index (χ2v) is 6.96. The fourth-order valence-electron chi connectivity index (χ4n) is 3.51. The largest absolute Gasteiger partial charge is 0.416 e. The van der Waals surface area contributed by atoms with Crippen LogP contribution in [0.1, 0.15) is 27.8 Å². The Morgan fingerprint density at radius 3 is 2.37 bits per heavy atom. The van der Waals surface area contributed by atoms with Gasteiger partial charge in [-0.15, -0.1) is 0 Å². The Morgan fingerprint density at radius 1 is 0.963 bits per heavy atom. The number of rotatable bonds is 1. The average molecular weight is 369 g/mol. The van der Waals surface area contributed by atoms with E-state index in [-0.39, 0.29) is 0 Å². The predicted molar refractivity (Wildman–Crippen MR) is 101 cm³/mol. The minimum atomic E-state index is -4.35. The lowest BCUT2D eigenvalue weighted by Crippen LogP contribution is -2.18. The first-order chi connectivity index (χ1) is 12.8. The highest BCUT2D eigenvalue weighted by Crippen LogP contribution is 2.38. The number of alkyl halides is 3. The summed E-state index contributed by atoms with van der Waals surface area (Å²) < 4.78 is 39.1. The molecule has 0 bridgehead atoms. The Labute approximate surface area is 155 Å². The van der Waals surface area contributed by atoms with Crippen LogP contribution in [0.5, 0.6) is 0 Å². The quantitative estimate of drug-likeness (QED) is 0.716. The van der Waals surface area contributed by atoms with E-state index in [4.69, 9.17) is 0 Å². The molecule has 0 fully saturated rings.